The summed E-state index contributed by atoms with van der Waals surface area (Å²) in [5.41, 5.74) is 0.566. The number of aliphatic hydroxyl groups excluding tert-OH is 1. The van der Waals surface area contributed by atoms with Crippen LogP contribution in [0.2, 0.25) is 0 Å². The van der Waals surface area contributed by atoms with Crippen molar-refractivity contribution in [2.75, 3.05) is 33.4 Å². The minimum Gasteiger partial charge on any atom is -0.492 e. The number of rotatable bonds is 7. The molecule has 0 aliphatic heterocycles. The van der Waals surface area contributed by atoms with Crippen molar-refractivity contribution in [2.24, 2.45) is 0 Å². The van der Waals surface area contributed by atoms with E-state index in [-0.39, 0.29) is 6.61 Å². The molecule has 0 aromatic heterocycles. The van der Waals surface area contributed by atoms with Gasteiger partial charge in [-0.1, -0.05) is 12.1 Å². The van der Waals surface area contributed by atoms with Gasteiger partial charge < -0.3 is 14.7 Å². The molecule has 0 unspecified atom stereocenters. The number of hydrogen-bond acceptors (Lipinski definition) is 4. The topological polar surface area (TPSA) is 56.5 Å². The first-order valence-electron chi connectivity index (χ1n) is 5.69. The molecule has 0 amide bonds. The number of aliphatic hydroxyl groups is 1. The van der Waals surface area contributed by atoms with Gasteiger partial charge in [-0.05, 0) is 25.6 Å². The van der Waals surface area contributed by atoms with Crippen molar-refractivity contribution in [1.82, 2.24) is 4.90 Å². The van der Waals surface area contributed by atoms with E-state index in [0.717, 1.165) is 13.0 Å². The van der Waals surface area contributed by atoms with E-state index < -0.39 is 0 Å². The van der Waals surface area contributed by atoms with Crippen LogP contribution in [-0.4, -0.2) is 43.4 Å². The predicted octanol–water partition coefficient (Wildman–Crippen LogP) is 1.25. The van der Waals surface area contributed by atoms with Crippen molar-refractivity contribution >= 4 is 0 Å². The Morgan fingerprint density at radius 3 is 2.82 bits per heavy atom. The minimum atomic E-state index is 0.175. The Balaban J connectivity index is 2.29. The zero-order chi connectivity index (χ0) is 12.5. The summed E-state index contributed by atoms with van der Waals surface area (Å²) in [7, 11) is 1.96. The van der Waals surface area contributed by atoms with Gasteiger partial charge in [0.2, 0.25) is 0 Å². The summed E-state index contributed by atoms with van der Waals surface area (Å²) in [5.74, 6) is 0.639. The maximum Gasteiger partial charge on any atom is 0.137 e. The molecule has 1 rings (SSSR count). The molecule has 0 aliphatic rings. The van der Waals surface area contributed by atoms with Gasteiger partial charge in [-0.2, -0.15) is 5.26 Å². The molecule has 0 saturated carbocycles. The lowest BCUT2D eigenvalue weighted by Crippen LogP contribution is -2.24. The van der Waals surface area contributed by atoms with Crippen molar-refractivity contribution < 1.29 is 9.84 Å². The standard InChI is InChI=1S/C13H18N2O2/c1-15(8-9-16)7-4-10-17-13-6-3-2-5-12(13)11-14/h2-3,5-6,16H,4,7-10H2,1H3. The molecule has 0 bridgehead atoms. The maximum absolute atomic E-state index is 8.87. The summed E-state index contributed by atoms with van der Waals surface area (Å²) < 4.78 is 5.54. The van der Waals surface area contributed by atoms with Crippen molar-refractivity contribution in [2.45, 2.75) is 6.42 Å². The third kappa shape index (κ3) is 4.85. The summed E-state index contributed by atoms with van der Waals surface area (Å²) in [5, 5.41) is 17.6. The molecule has 0 spiro atoms. The van der Waals surface area contributed by atoms with E-state index in [1.807, 2.05) is 24.1 Å². The Bertz CT molecular complexity index is 374. The van der Waals surface area contributed by atoms with Crippen LogP contribution in [0.15, 0.2) is 24.3 Å². The van der Waals surface area contributed by atoms with Gasteiger partial charge in [-0.25, -0.2) is 0 Å². The molecule has 17 heavy (non-hydrogen) atoms. The first-order valence-corrected chi connectivity index (χ1v) is 5.69. The first kappa shape index (κ1) is 13.5. The van der Waals surface area contributed by atoms with Gasteiger partial charge in [0.05, 0.1) is 18.8 Å². The lowest BCUT2D eigenvalue weighted by molar-refractivity contribution is 0.207. The average molecular weight is 234 g/mol. The van der Waals surface area contributed by atoms with E-state index in [4.69, 9.17) is 15.1 Å². The molecule has 0 radical (unpaired) electrons. The lowest BCUT2D eigenvalue weighted by Gasteiger charge is -2.15. The van der Waals surface area contributed by atoms with Gasteiger partial charge in [0.1, 0.15) is 11.8 Å². The van der Waals surface area contributed by atoms with E-state index in [1.54, 1.807) is 12.1 Å². The van der Waals surface area contributed by atoms with E-state index in [2.05, 4.69) is 6.07 Å². The fourth-order valence-electron chi connectivity index (χ4n) is 1.48. The van der Waals surface area contributed by atoms with Gasteiger partial charge in [0.25, 0.3) is 0 Å². The van der Waals surface area contributed by atoms with E-state index in [1.165, 1.54) is 0 Å². The third-order valence-electron chi connectivity index (χ3n) is 2.43. The van der Waals surface area contributed by atoms with Crippen LogP contribution in [0.3, 0.4) is 0 Å². The fraction of sp³-hybridized carbons (Fsp3) is 0.462. The summed E-state index contributed by atoms with van der Waals surface area (Å²) in [6, 6.07) is 9.32. The molecule has 0 aliphatic carbocycles. The SMILES string of the molecule is CN(CCO)CCCOc1ccccc1C#N. The van der Waals surface area contributed by atoms with Crippen molar-refractivity contribution in [3.63, 3.8) is 0 Å². The van der Waals surface area contributed by atoms with Crippen LogP contribution in [0.25, 0.3) is 0 Å². The van der Waals surface area contributed by atoms with Crippen molar-refractivity contribution in [3.8, 4) is 11.8 Å². The van der Waals surface area contributed by atoms with Crippen LogP contribution >= 0.6 is 0 Å². The number of para-hydroxylation sites is 1. The van der Waals surface area contributed by atoms with Crippen molar-refractivity contribution in [3.05, 3.63) is 29.8 Å². The monoisotopic (exact) mass is 234 g/mol. The normalized spacial score (nSPS) is 10.2. The van der Waals surface area contributed by atoms with Crippen LogP contribution in [0, 0.1) is 11.3 Å². The highest BCUT2D eigenvalue weighted by atomic mass is 16.5. The quantitative estimate of drug-likeness (QED) is 0.721. The van der Waals surface area contributed by atoms with E-state index >= 15 is 0 Å². The second-order valence-electron chi connectivity index (χ2n) is 3.84. The Hall–Kier alpha value is -1.57. The zero-order valence-electron chi connectivity index (χ0n) is 10.1. The van der Waals surface area contributed by atoms with Crippen LogP contribution in [0.1, 0.15) is 12.0 Å². The number of benzene rings is 1. The smallest absolute Gasteiger partial charge is 0.137 e. The van der Waals surface area contributed by atoms with Crippen LogP contribution in [-0.2, 0) is 0 Å². The summed E-state index contributed by atoms with van der Waals surface area (Å²) in [6.45, 7) is 2.30. The molecule has 0 fully saturated rings. The van der Waals surface area contributed by atoms with Crippen molar-refractivity contribution in [1.29, 1.82) is 5.26 Å². The lowest BCUT2D eigenvalue weighted by atomic mass is 10.2. The largest absolute Gasteiger partial charge is 0.492 e. The molecular weight excluding hydrogens is 216 g/mol. The number of nitriles is 1. The summed E-state index contributed by atoms with van der Waals surface area (Å²) in [6.07, 6.45) is 0.871. The molecule has 4 heteroatoms. The second kappa shape index (κ2) is 7.66. The van der Waals surface area contributed by atoms with Gasteiger partial charge in [-0.15, -0.1) is 0 Å². The Morgan fingerprint density at radius 2 is 2.12 bits per heavy atom. The summed E-state index contributed by atoms with van der Waals surface area (Å²) in [4.78, 5) is 2.04. The minimum absolute atomic E-state index is 0.175. The van der Waals surface area contributed by atoms with E-state index in [9.17, 15) is 0 Å². The molecule has 0 atom stereocenters. The Kier molecular flexibility index (Phi) is 6.08. The maximum atomic E-state index is 8.87. The molecule has 0 heterocycles. The number of nitrogens with zero attached hydrogens (tertiary/aromatic N) is 2. The fourth-order valence-corrected chi connectivity index (χ4v) is 1.48. The molecule has 4 nitrogen and oxygen atoms in total. The zero-order valence-corrected chi connectivity index (χ0v) is 10.1. The van der Waals surface area contributed by atoms with Gasteiger partial charge in [0.15, 0.2) is 0 Å². The second-order valence-corrected chi connectivity index (χ2v) is 3.84. The summed E-state index contributed by atoms with van der Waals surface area (Å²) >= 11 is 0. The first-order chi connectivity index (χ1) is 8.27. The highest BCUT2D eigenvalue weighted by Crippen LogP contribution is 2.16. The van der Waals surface area contributed by atoms with Gasteiger partial charge >= 0.3 is 0 Å². The molecule has 92 valence electrons. The van der Waals surface area contributed by atoms with Gasteiger partial charge in [-0.3, -0.25) is 0 Å². The number of ether oxygens (including phenoxy) is 1. The number of hydrogen-bond donors (Lipinski definition) is 1. The highest BCUT2D eigenvalue weighted by Gasteiger charge is 2.02. The van der Waals surface area contributed by atoms with Crippen LogP contribution in [0.4, 0.5) is 0 Å². The van der Waals surface area contributed by atoms with Crippen LogP contribution < -0.4 is 4.74 Å². The number of likely N-dealkylation sites (N-methyl/N-ethyl adjacent to an activating group) is 1. The molecule has 1 N–H and O–H groups in total. The highest BCUT2D eigenvalue weighted by molar-refractivity contribution is 5.42. The Labute approximate surface area is 102 Å². The molecule has 1 aromatic carbocycles. The molecule has 0 saturated heterocycles. The van der Waals surface area contributed by atoms with Gasteiger partial charge in [0, 0.05) is 13.1 Å². The average Bonchev–Trinajstić information content (AvgIpc) is 2.35. The third-order valence-corrected chi connectivity index (χ3v) is 2.43. The predicted molar refractivity (Wildman–Crippen MR) is 65.9 cm³/mol. The molecule has 1 aromatic rings. The molecular formula is C13H18N2O2. The van der Waals surface area contributed by atoms with Crippen LogP contribution in [0.5, 0.6) is 5.75 Å². The Morgan fingerprint density at radius 1 is 1.35 bits per heavy atom. The van der Waals surface area contributed by atoms with E-state index in [0.29, 0.717) is 24.5 Å².